The standard InChI is InChI=1S/C9H11BN2/c10-6-1-4-8(11)9(5-6)12-7-2-3-7/h1,4-5,7,12H,2-3,11H2. The van der Waals surface area contributed by atoms with Crippen molar-refractivity contribution in [2.45, 2.75) is 18.9 Å². The van der Waals surface area contributed by atoms with E-state index in [-0.39, 0.29) is 0 Å². The van der Waals surface area contributed by atoms with Gasteiger partial charge in [-0.15, -0.1) is 0 Å². The van der Waals surface area contributed by atoms with Crippen molar-refractivity contribution in [2.24, 2.45) is 0 Å². The monoisotopic (exact) mass is 158 g/mol. The van der Waals surface area contributed by atoms with E-state index in [1.807, 2.05) is 18.2 Å². The molecule has 1 fully saturated rings. The van der Waals surface area contributed by atoms with E-state index in [4.69, 9.17) is 13.6 Å². The van der Waals surface area contributed by atoms with Gasteiger partial charge in [-0.1, -0.05) is 11.5 Å². The van der Waals surface area contributed by atoms with Gasteiger partial charge in [-0.3, -0.25) is 0 Å². The third-order valence-corrected chi connectivity index (χ3v) is 2.01. The number of nitrogens with one attached hydrogen (secondary N) is 1. The van der Waals surface area contributed by atoms with Gasteiger partial charge in [0.05, 0.1) is 11.4 Å². The summed E-state index contributed by atoms with van der Waals surface area (Å²) in [7, 11) is 5.63. The molecule has 1 aromatic rings. The van der Waals surface area contributed by atoms with Crippen LogP contribution >= 0.6 is 0 Å². The van der Waals surface area contributed by atoms with Gasteiger partial charge in [-0.2, -0.15) is 0 Å². The molecule has 3 N–H and O–H groups in total. The van der Waals surface area contributed by atoms with Crippen molar-refractivity contribution in [3.05, 3.63) is 18.2 Å². The predicted molar refractivity (Wildman–Crippen MR) is 52.9 cm³/mol. The number of anilines is 2. The number of hydrogen-bond donors (Lipinski definition) is 2. The normalized spacial score (nSPS) is 16.0. The smallest absolute Gasteiger partial charge is 0.113 e. The lowest BCUT2D eigenvalue weighted by Gasteiger charge is -2.08. The summed E-state index contributed by atoms with van der Waals surface area (Å²) in [5, 5.41) is 3.32. The molecule has 1 saturated carbocycles. The highest BCUT2D eigenvalue weighted by Crippen LogP contribution is 2.26. The van der Waals surface area contributed by atoms with Crippen molar-refractivity contribution < 1.29 is 0 Å². The number of rotatable bonds is 2. The van der Waals surface area contributed by atoms with Crippen LogP contribution in [-0.2, 0) is 0 Å². The van der Waals surface area contributed by atoms with Gasteiger partial charge in [-0.25, -0.2) is 0 Å². The molecule has 0 amide bonds. The summed E-state index contributed by atoms with van der Waals surface area (Å²) < 4.78 is 0. The molecule has 0 aromatic heterocycles. The van der Waals surface area contributed by atoms with E-state index in [1.165, 1.54) is 12.8 Å². The first-order chi connectivity index (χ1) is 5.75. The molecular weight excluding hydrogens is 147 g/mol. The van der Waals surface area contributed by atoms with Gasteiger partial charge in [0.1, 0.15) is 7.85 Å². The highest BCUT2D eigenvalue weighted by molar-refractivity contribution is 6.32. The Morgan fingerprint density at radius 3 is 2.83 bits per heavy atom. The summed E-state index contributed by atoms with van der Waals surface area (Å²) in [5.74, 6) is 0. The molecule has 0 heterocycles. The Morgan fingerprint density at radius 1 is 1.42 bits per heavy atom. The molecule has 0 aliphatic heterocycles. The lowest BCUT2D eigenvalue weighted by Crippen LogP contribution is -2.09. The second-order valence-corrected chi connectivity index (χ2v) is 3.27. The first kappa shape index (κ1) is 7.53. The van der Waals surface area contributed by atoms with E-state index in [0.717, 1.165) is 16.8 Å². The fourth-order valence-corrected chi connectivity index (χ4v) is 1.15. The number of nitrogens with two attached hydrogens (primary N) is 1. The number of benzene rings is 1. The van der Waals surface area contributed by atoms with Crippen molar-refractivity contribution in [3.63, 3.8) is 0 Å². The Bertz CT molecular complexity index is 295. The Labute approximate surface area is 73.6 Å². The molecule has 2 rings (SSSR count). The molecule has 0 atom stereocenters. The fraction of sp³-hybridized carbons (Fsp3) is 0.333. The van der Waals surface area contributed by atoms with Gasteiger partial charge in [0.15, 0.2) is 0 Å². The first-order valence-electron chi connectivity index (χ1n) is 4.17. The zero-order valence-electron chi connectivity index (χ0n) is 6.88. The lowest BCUT2D eigenvalue weighted by atomic mass is 9.95. The summed E-state index contributed by atoms with van der Waals surface area (Å²) in [5.41, 5.74) is 8.25. The maximum absolute atomic E-state index is 5.75. The van der Waals surface area contributed by atoms with Crippen molar-refractivity contribution in [1.29, 1.82) is 0 Å². The molecule has 0 unspecified atom stereocenters. The molecule has 60 valence electrons. The maximum Gasteiger partial charge on any atom is 0.113 e. The molecule has 3 heteroatoms. The zero-order chi connectivity index (χ0) is 8.55. The summed E-state index contributed by atoms with van der Waals surface area (Å²) in [4.78, 5) is 0. The largest absolute Gasteiger partial charge is 0.397 e. The quantitative estimate of drug-likeness (QED) is 0.489. The summed E-state index contributed by atoms with van der Waals surface area (Å²) >= 11 is 0. The molecule has 2 radical (unpaired) electrons. The molecule has 1 aromatic carbocycles. The zero-order valence-corrected chi connectivity index (χ0v) is 6.88. The predicted octanol–water partition coefficient (Wildman–Crippen LogP) is 0.637. The van der Waals surface area contributed by atoms with Crippen LogP contribution in [0.5, 0.6) is 0 Å². The van der Waals surface area contributed by atoms with Crippen LogP contribution in [0, 0.1) is 0 Å². The molecular formula is C9H11BN2. The average Bonchev–Trinajstić information content (AvgIpc) is 2.81. The third-order valence-electron chi connectivity index (χ3n) is 2.01. The van der Waals surface area contributed by atoms with E-state index in [1.54, 1.807) is 0 Å². The van der Waals surface area contributed by atoms with E-state index in [2.05, 4.69) is 5.32 Å². The van der Waals surface area contributed by atoms with E-state index < -0.39 is 0 Å². The van der Waals surface area contributed by atoms with Crippen LogP contribution in [0.2, 0.25) is 0 Å². The summed E-state index contributed by atoms with van der Waals surface area (Å²) in [6, 6.07) is 6.15. The second-order valence-electron chi connectivity index (χ2n) is 3.27. The highest BCUT2D eigenvalue weighted by atomic mass is 15.0. The average molecular weight is 158 g/mol. The van der Waals surface area contributed by atoms with E-state index in [9.17, 15) is 0 Å². The molecule has 0 bridgehead atoms. The van der Waals surface area contributed by atoms with Crippen LogP contribution in [0.3, 0.4) is 0 Å². The Balaban J connectivity index is 2.21. The van der Waals surface area contributed by atoms with Crippen molar-refractivity contribution in [3.8, 4) is 0 Å². The molecule has 2 nitrogen and oxygen atoms in total. The topological polar surface area (TPSA) is 38.0 Å². The Kier molecular flexibility index (Phi) is 1.72. The number of hydrogen-bond acceptors (Lipinski definition) is 2. The van der Waals surface area contributed by atoms with Crippen molar-refractivity contribution in [1.82, 2.24) is 0 Å². The minimum atomic E-state index is 0.620. The van der Waals surface area contributed by atoms with Crippen LogP contribution in [0.25, 0.3) is 0 Å². The van der Waals surface area contributed by atoms with Gasteiger partial charge in [0, 0.05) is 6.04 Å². The second kappa shape index (κ2) is 2.74. The van der Waals surface area contributed by atoms with Crippen LogP contribution in [0.1, 0.15) is 12.8 Å². The van der Waals surface area contributed by atoms with E-state index in [0.29, 0.717) is 6.04 Å². The van der Waals surface area contributed by atoms with Gasteiger partial charge in [0.25, 0.3) is 0 Å². The third kappa shape index (κ3) is 1.55. The van der Waals surface area contributed by atoms with Crippen LogP contribution in [-0.4, -0.2) is 13.9 Å². The van der Waals surface area contributed by atoms with Gasteiger partial charge >= 0.3 is 0 Å². The SMILES string of the molecule is [B]c1ccc(N)c(NC2CC2)c1. The fourth-order valence-electron chi connectivity index (χ4n) is 1.15. The molecule has 0 saturated heterocycles. The lowest BCUT2D eigenvalue weighted by molar-refractivity contribution is 1.16. The van der Waals surface area contributed by atoms with E-state index >= 15 is 0 Å². The number of nitrogen functional groups attached to an aromatic ring is 1. The van der Waals surface area contributed by atoms with Crippen LogP contribution < -0.4 is 16.5 Å². The molecule has 1 aliphatic rings. The van der Waals surface area contributed by atoms with Crippen molar-refractivity contribution in [2.75, 3.05) is 11.1 Å². The molecule has 0 spiro atoms. The van der Waals surface area contributed by atoms with Gasteiger partial charge in [-0.05, 0) is 25.0 Å². The van der Waals surface area contributed by atoms with Crippen LogP contribution in [0.15, 0.2) is 18.2 Å². The summed E-state index contributed by atoms with van der Waals surface area (Å²) in [6.07, 6.45) is 2.49. The Morgan fingerprint density at radius 2 is 2.17 bits per heavy atom. The summed E-state index contributed by atoms with van der Waals surface area (Å²) in [6.45, 7) is 0. The maximum atomic E-state index is 5.75. The molecule has 1 aliphatic carbocycles. The van der Waals surface area contributed by atoms with Gasteiger partial charge in [0.2, 0.25) is 0 Å². The minimum absolute atomic E-state index is 0.620. The van der Waals surface area contributed by atoms with Crippen molar-refractivity contribution >= 4 is 24.7 Å². The highest BCUT2D eigenvalue weighted by Gasteiger charge is 2.21. The minimum Gasteiger partial charge on any atom is -0.397 e. The Hall–Kier alpha value is -1.12. The van der Waals surface area contributed by atoms with Gasteiger partial charge < -0.3 is 11.1 Å². The van der Waals surface area contributed by atoms with Crippen LogP contribution in [0.4, 0.5) is 11.4 Å². The first-order valence-corrected chi connectivity index (χ1v) is 4.17. The molecule has 12 heavy (non-hydrogen) atoms.